The van der Waals surface area contributed by atoms with Gasteiger partial charge in [-0.1, -0.05) is 18.7 Å². The van der Waals surface area contributed by atoms with Crippen LogP contribution in [0.5, 0.6) is 0 Å². The van der Waals surface area contributed by atoms with Gasteiger partial charge in [0.15, 0.2) is 5.82 Å². The van der Waals surface area contributed by atoms with E-state index < -0.39 is 5.83 Å². The number of aromatic nitrogens is 7. The van der Waals surface area contributed by atoms with Gasteiger partial charge in [-0.2, -0.15) is 5.10 Å². The Morgan fingerprint density at radius 1 is 1.11 bits per heavy atom. The molecule has 5 heterocycles. The molecule has 0 aliphatic heterocycles. The zero-order valence-corrected chi connectivity index (χ0v) is 20.2. The first-order valence-corrected chi connectivity index (χ1v) is 11.4. The SMILES string of the molecule is C=C(/C(F)=c1/c(-c2nc3c(-c4cccnc4)cncc3[nH]2)n[nH]/c1=C/C)c1cncc(CN(C)C)c1. The molecule has 0 amide bonds. The van der Waals surface area contributed by atoms with Crippen LogP contribution in [-0.2, 0) is 6.54 Å². The second-order valence-electron chi connectivity index (χ2n) is 8.67. The summed E-state index contributed by atoms with van der Waals surface area (Å²) in [5.74, 6) is -0.0772. The number of imidazole rings is 1. The normalized spacial score (nSPS) is 13.0. The summed E-state index contributed by atoms with van der Waals surface area (Å²) < 4.78 is 16.1. The Hall–Kier alpha value is -4.50. The highest BCUT2D eigenvalue weighted by Crippen LogP contribution is 2.28. The lowest BCUT2D eigenvalue weighted by atomic mass is 10.0. The number of pyridine rings is 3. The van der Waals surface area contributed by atoms with Crippen LogP contribution >= 0.6 is 0 Å². The van der Waals surface area contributed by atoms with Crippen LogP contribution in [0, 0.1) is 0 Å². The summed E-state index contributed by atoms with van der Waals surface area (Å²) >= 11 is 0. The zero-order chi connectivity index (χ0) is 25.2. The Morgan fingerprint density at radius 3 is 2.69 bits per heavy atom. The number of nitrogens with one attached hydrogen (secondary N) is 2. The number of nitrogens with zero attached hydrogens (tertiary/aromatic N) is 6. The molecule has 5 aromatic rings. The molecule has 0 fully saturated rings. The molecule has 0 bridgehead atoms. The van der Waals surface area contributed by atoms with Crippen molar-refractivity contribution in [2.75, 3.05) is 14.1 Å². The third kappa shape index (κ3) is 4.32. The van der Waals surface area contributed by atoms with E-state index in [2.05, 4.69) is 36.7 Å². The third-order valence-electron chi connectivity index (χ3n) is 5.80. The highest BCUT2D eigenvalue weighted by Gasteiger charge is 2.18. The van der Waals surface area contributed by atoms with Crippen molar-refractivity contribution >= 4 is 28.5 Å². The summed E-state index contributed by atoms with van der Waals surface area (Å²) in [5.41, 5.74) is 5.26. The first-order valence-electron chi connectivity index (χ1n) is 11.4. The second-order valence-corrected chi connectivity index (χ2v) is 8.67. The van der Waals surface area contributed by atoms with E-state index in [0.29, 0.717) is 40.0 Å². The number of aromatic amines is 2. The predicted molar refractivity (Wildman–Crippen MR) is 139 cm³/mol. The van der Waals surface area contributed by atoms with Gasteiger partial charge in [0.2, 0.25) is 0 Å². The van der Waals surface area contributed by atoms with E-state index in [9.17, 15) is 0 Å². The van der Waals surface area contributed by atoms with Crippen molar-refractivity contribution in [2.45, 2.75) is 13.5 Å². The van der Waals surface area contributed by atoms with Crippen LogP contribution in [0.4, 0.5) is 4.39 Å². The van der Waals surface area contributed by atoms with Crippen molar-refractivity contribution in [1.82, 2.24) is 40.0 Å². The van der Waals surface area contributed by atoms with Gasteiger partial charge in [-0.15, -0.1) is 0 Å². The van der Waals surface area contributed by atoms with E-state index in [-0.39, 0.29) is 10.8 Å². The molecule has 5 rings (SSSR count). The molecule has 180 valence electrons. The fourth-order valence-corrected chi connectivity index (χ4v) is 4.12. The lowest BCUT2D eigenvalue weighted by molar-refractivity contribution is 0.402. The minimum atomic E-state index is -0.498. The van der Waals surface area contributed by atoms with Crippen LogP contribution in [0.25, 0.3) is 51.2 Å². The first-order chi connectivity index (χ1) is 17.5. The summed E-state index contributed by atoms with van der Waals surface area (Å²) in [6.07, 6.45) is 12.0. The van der Waals surface area contributed by atoms with Gasteiger partial charge >= 0.3 is 0 Å². The Labute approximate surface area is 207 Å². The summed E-state index contributed by atoms with van der Waals surface area (Å²) in [7, 11) is 3.94. The fraction of sp³-hybridized carbons (Fsp3) is 0.148. The molecule has 0 atom stereocenters. The standard InChI is InChI=1S/C27H25FN8/c1-5-21-23(24(28)16(2)19-9-17(10-30-12-19)15-36(3)4)26(35-34-21)27-32-22-14-31-13-20(25(22)33-27)18-7-6-8-29-11-18/h5-14,34H,2,15H2,1,3-4H3,(H,32,33)/b21-5+,24-23-. The highest BCUT2D eigenvalue weighted by molar-refractivity contribution is 5.95. The van der Waals surface area contributed by atoms with Crippen molar-refractivity contribution in [3.05, 3.63) is 83.7 Å². The van der Waals surface area contributed by atoms with E-state index >= 15 is 4.39 Å². The summed E-state index contributed by atoms with van der Waals surface area (Å²) in [6, 6.07) is 5.70. The molecule has 0 spiro atoms. The maximum absolute atomic E-state index is 16.1. The van der Waals surface area contributed by atoms with E-state index in [1.807, 2.05) is 44.1 Å². The Morgan fingerprint density at radius 2 is 1.94 bits per heavy atom. The molecule has 0 aliphatic rings. The molecule has 8 nitrogen and oxygen atoms in total. The topological polar surface area (TPSA) is 99.3 Å². The molecule has 0 saturated carbocycles. The molecule has 36 heavy (non-hydrogen) atoms. The Balaban J connectivity index is 1.65. The van der Waals surface area contributed by atoms with Gasteiger partial charge in [0.25, 0.3) is 0 Å². The van der Waals surface area contributed by atoms with Crippen LogP contribution in [0.3, 0.4) is 0 Å². The van der Waals surface area contributed by atoms with Gasteiger partial charge in [-0.05, 0) is 38.7 Å². The quantitative estimate of drug-likeness (QED) is 0.386. The van der Waals surface area contributed by atoms with Gasteiger partial charge in [0.05, 0.1) is 22.3 Å². The van der Waals surface area contributed by atoms with E-state index in [1.165, 1.54) is 0 Å². The first kappa shape index (κ1) is 23.3. The minimum absolute atomic E-state index is 0.225. The van der Waals surface area contributed by atoms with Gasteiger partial charge in [-0.3, -0.25) is 20.1 Å². The molecule has 0 aliphatic carbocycles. The molecule has 9 heteroatoms. The van der Waals surface area contributed by atoms with Gasteiger partial charge in [0.1, 0.15) is 17.0 Å². The van der Waals surface area contributed by atoms with Crippen molar-refractivity contribution in [3.63, 3.8) is 0 Å². The van der Waals surface area contributed by atoms with Crippen LogP contribution in [0.2, 0.25) is 0 Å². The van der Waals surface area contributed by atoms with Crippen molar-refractivity contribution < 1.29 is 4.39 Å². The lowest BCUT2D eigenvalue weighted by Crippen LogP contribution is -2.26. The predicted octanol–water partition coefficient (Wildman–Crippen LogP) is 3.46. The second kappa shape index (κ2) is 9.63. The summed E-state index contributed by atoms with van der Waals surface area (Å²) in [6.45, 7) is 6.55. The largest absolute Gasteiger partial charge is 0.335 e. The maximum atomic E-state index is 16.1. The average Bonchev–Trinajstić information content (AvgIpc) is 3.52. The number of allylic oxidation sites excluding steroid dienone is 1. The molecule has 2 N–H and O–H groups in total. The third-order valence-corrected chi connectivity index (χ3v) is 5.80. The van der Waals surface area contributed by atoms with E-state index in [1.54, 1.807) is 43.3 Å². The van der Waals surface area contributed by atoms with Gasteiger partial charge in [-0.25, -0.2) is 9.37 Å². The molecular formula is C27H25FN8. The number of hydrogen-bond acceptors (Lipinski definition) is 6. The molecule has 0 saturated heterocycles. The number of H-pyrrole nitrogens is 2. The van der Waals surface area contributed by atoms with Crippen molar-refractivity contribution in [1.29, 1.82) is 0 Å². The summed E-state index contributed by atoms with van der Waals surface area (Å²) in [5, 5.41) is 8.15. The van der Waals surface area contributed by atoms with Crippen molar-refractivity contribution in [2.24, 2.45) is 0 Å². The molecule has 5 aromatic heterocycles. The number of halogens is 1. The average molecular weight is 481 g/mol. The van der Waals surface area contributed by atoms with Gasteiger partial charge < -0.3 is 9.88 Å². The lowest BCUT2D eigenvalue weighted by Gasteiger charge is -2.11. The van der Waals surface area contributed by atoms with Gasteiger partial charge in [0, 0.05) is 59.8 Å². The Kier molecular flexibility index (Phi) is 6.22. The van der Waals surface area contributed by atoms with Crippen molar-refractivity contribution in [3.8, 4) is 22.6 Å². The number of hydrogen-bond donors (Lipinski definition) is 2. The maximum Gasteiger partial charge on any atom is 0.159 e. The summed E-state index contributed by atoms with van der Waals surface area (Å²) in [4.78, 5) is 22.9. The monoisotopic (exact) mass is 480 g/mol. The van der Waals surface area contributed by atoms with Crippen LogP contribution < -0.4 is 10.6 Å². The minimum Gasteiger partial charge on any atom is -0.335 e. The van der Waals surface area contributed by atoms with E-state index in [0.717, 1.165) is 16.7 Å². The molecular weight excluding hydrogens is 455 g/mol. The smallest absolute Gasteiger partial charge is 0.159 e. The number of fused-ring (bicyclic) bond motifs is 1. The highest BCUT2D eigenvalue weighted by atomic mass is 19.1. The molecule has 0 aromatic carbocycles. The van der Waals surface area contributed by atoms with E-state index in [4.69, 9.17) is 4.98 Å². The number of rotatable bonds is 6. The zero-order valence-electron chi connectivity index (χ0n) is 20.2. The molecule has 0 unspecified atom stereocenters. The Bertz CT molecular complexity index is 1680. The van der Waals surface area contributed by atoms with Crippen LogP contribution in [-0.4, -0.2) is 54.1 Å². The van der Waals surface area contributed by atoms with Crippen LogP contribution in [0.1, 0.15) is 18.1 Å². The fourth-order valence-electron chi connectivity index (χ4n) is 4.12. The van der Waals surface area contributed by atoms with Crippen LogP contribution in [0.15, 0.2) is 62.0 Å². The molecule has 0 radical (unpaired) electrons.